The Balaban J connectivity index is 1.47. The summed E-state index contributed by atoms with van der Waals surface area (Å²) in [5, 5.41) is 15.1. The second kappa shape index (κ2) is 12.5. The quantitative estimate of drug-likeness (QED) is 0.234. The minimum absolute atomic E-state index is 0.0129. The SMILES string of the molecule is CC1CCCC(n2cc(F)c(-c3cc(Cl)ccc3-n3cc(Cl)nn3)cc2=O)c2cc(ccn2)-c2c(cnn2CC(F)F)NC1=O. The fraction of sp³-hybridized carbons (Fsp3) is 0.267. The highest BCUT2D eigenvalue weighted by atomic mass is 35.5. The third-order valence-corrected chi connectivity index (χ3v) is 8.10. The van der Waals surface area contributed by atoms with Gasteiger partial charge >= 0.3 is 0 Å². The van der Waals surface area contributed by atoms with Crippen molar-refractivity contribution in [2.24, 2.45) is 5.92 Å². The van der Waals surface area contributed by atoms with Gasteiger partial charge in [-0.2, -0.15) is 5.10 Å². The van der Waals surface area contributed by atoms with Gasteiger partial charge in [0.2, 0.25) is 5.91 Å². The van der Waals surface area contributed by atoms with Gasteiger partial charge in [0.25, 0.3) is 12.0 Å². The number of aromatic nitrogens is 7. The van der Waals surface area contributed by atoms with E-state index in [1.54, 1.807) is 31.2 Å². The Labute approximate surface area is 264 Å². The van der Waals surface area contributed by atoms with Gasteiger partial charge in [-0.3, -0.25) is 19.3 Å². The highest BCUT2D eigenvalue weighted by Crippen LogP contribution is 2.35. The lowest BCUT2D eigenvalue weighted by molar-refractivity contribution is -0.119. The van der Waals surface area contributed by atoms with E-state index in [-0.39, 0.29) is 28.0 Å². The van der Waals surface area contributed by atoms with Gasteiger partial charge in [-0.15, -0.1) is 5.10 Å². The van der Waals surface area contributed by atoms with Gasteiger partial charge in [0.1, 0.15) is 12.4 Å². The van der Waals surface area contributed by atoms with E-state index < -0.39 is 36.3 Å². The van der Waals surface area contributed by atoms with Crippen LogP contribution in [0, 0.1) is 11.7 Å². The fourth-order valence-electron chi connectivity index (χ4n) is 5.52. The van der Waals surface area contributed by atoms with E-state index in [1.165, 1.54) is 40.0 Å². The number of amides is 1. The summed E-state index contributed by atoms with van der Waals surface area (Å²) in [6.45, 7) is 1.06. The van der Waals surface area contributed by atoms with Gasteiger partial charge in [-0.05, 0) is 43.2 Å². The van der Waals surface area contributed by atoms with Crippen LogP contribution in [-0.2, 0) is 11.3 Å². The summed E-state index contributed by atoms with van der Waals surface area (Å²) in [6.07, 6.45) is 3.97. The largest absolute Gasteiger partial charge is 0.323 e. The van der Waals surface area contributed by atoms with E-state index >= 15 is 4.39 Å². The van der Waals surface area contributed by atoms with Gasteiger partial charge in [0.15, 0.2) is 5.15 Å². The van der Waals surface area contributed by atoms with Gasteiger partial charge in [0, 0.05) is 46.1 Å². The molecular weight excluding hydrogens is 632 g/mol. The van der Waals surface area contributed by atoms with E-state index in [4.69, 9.17) is 23.2 Å². The number of nitrogens with one attached hydrogen (secondary N) is 1. The number of alkyl halides is 2. The molecule has 0 spiro atoms. The van der Waals surface area contributed by atoms with Crippen molar-refractivity contribution < 1.29 is 18.0 Å². The van der Waals surface area contributed by atoms with E-state index in [0.29, 0.717) is 46.8 Å². The Hall–Kier alpha value is -4.49. The van der Waals surface area contributed by atoms with Crippen LogP contribution < -0.4 is 10.9 Å². The third-order valence-electron chi connectivity index (χ3n) is 7.70. The predicted molar refractivity (Wildman–Crippen MR) is 162 cm³/mol. The van der Waals surface area contributed by atoms with E-state index in [9.17, 15) is 18.4 Å². The average Bonchev–Trinajstić information content (AvgIpc) is 3.61. The molecular formula is C30H25Cl2F3N8O2. The number of halogens is 5. The fourth-order valence-corrected chi connectivity index (χ4v) is 5.82. The van der Waals surface area contributed by atoms with Gasteiger partial charge < -0.3 is 9.88 Å². The molecule has 4 aromatic heterocycles. The van der Waals surface area contributed by atoms with Crippen LogP contribution in [0.4, 0.5) is 18.9 Å². The third kappa shape index (κ3) is 6.22. The second-order valence-corrected chi connectivity index (χ2v) is 11.5. The molecule has 6 rings (SSSR count). The maximum atomic E-state index is 16.0. The van der Waals surface area contributed by atoms with Crippen LogP contribution in [0.25, 0.3) is 28.1 Å². The molecule has 0 aliphatic carbocycles. The Morgan fingerprint density at radius 3 is 2.64 bits per heavy atom. The van der Waals surface area contributed by atoms with Crippen molar-refractivity contribution in [3.8, 4) is 28.1 Å². The summed E-state index contributed by atoms with van der Waals surface area (Å²) in [7, 11) is 0. The first kappa shape index (κ1) is 30.5. The lowest BCUT2D eigenvalue weighted by Gasteiger charge is -2.23. The number of pyridine rings is 2. The Morgan fingerprint density at radius 2 is 1.89 bits per heavy atom. The molecule has 0 fully saturated rings. The van der Waals surface area contributed by atoms with Crippen LogP contribution in [0.15, 0.2) is 66.0 Å². The maximum absolute atomic E-state index is 16.0. The topological polar surface area (TPSA) is 113 Å². The molecule has 5 heterocycles. The Bertz CT molecular complexity index is 1960. The molecule has 0 saturated carbocycles. The zero-order chi connectivity index (χ0) is 31.8. The zero-order valence-electron chi connectivity index (χ0n) is 23.7. The van der Waals surface area contributed by atoms with Gasteiger partial charge in [-0.25, -0.2) is 17.9 Å². The summed E-state index contributed by atoms with van der Waals surface area (Å²) in [5.41, 5.74) is 1.58. The molecule has 2 atom stereocenters. The average molecular weight is 657 g/mol. The molecule has 45 heavy (non-hydrogen) atoms. The molecule has 1 aliphatic rings. The number of hydrogen-bond donors (Lipinski definition) is 1. The molecule has 2 bridgehead atoms. The summed E-state index contributed by atoms with van der Waals surface area (Å²) in [6, 6.07) is 8.41. The molecule has 15 heteroatoms. The molecule has 10 nitrogen and oxygen atoms in total. The summed E-state index contributed by atoms with van der Waals surface area (Å²) in [5.74, 6) is -1.44. The number of fused-ring (bicyclic) bond motifs is 4. The first-order valence-electron chi connectivity index (χ1n) is 14.0. The molecule has 1 N–H and O–H groups in total. The first-order valence-corrected chi connectivity index (χ1v) is 14.8. The van der Waals surface area contributed by atoms with Crippen LogP contribution in [0.5, 0.6) is 0 Å². The predicted octanol–water partition coefficient (Wildman–Crippen LogP) is 6.41. The highest BCUT2D eigenvalue weighted by molar-refractivity contribution is 6.31. The van der Waals surface area contributed by atoms with Crippen LogP contribution in [0.3, 0.4) is 0 Å². The normalized spacial score (nSPS) is 17.0. The monoisotopic (exact) mass is 656 g/mol. The van der Waals surface area contributed by atoms with Crippen molar-refractivity contribution in [2.75, 3.05) is 5.32 Å². The molecule has 2 unspecified atom stereocenters. The number of anilines is 1. The lowest BCUT2D eigenvalue weighted by atomic mass is 9.96. The lowest BCUT2D eigenvalue weighted by Crippen LogP contribution is -2.27. The molecule has 1 amide bonds. The van der Waals surface area contributed by atoms with E-state index in [2.05, 4.69) is 25.7 Å². The van der Waals surface area contributed by atoms with Crippen LogP contribution in [0.2, 0.25) is 10.2 Å². The number of benzene rings is 1. The number of carbonyl (C=O) groups is 1. The summed E-state index contributed by atoms with van der Waals surface area (Å²) in [4.78, 5) is 31.2. The van der Waals surface area contributed by atoms with Crippen LogP contribution >= 0.6 is 23.2 Å². The maximum Gasteiger partial charge on any atom is 0.257 e. The summed E-state index contributed by atoms with van der Waals surface area (Å²) >= 11 is 12.2. The first-order chi connectivity index (χ1) is 21.6. The van der Waals surface area contributed by atoms with Crippen molar-refractivity contribution in [3.05, 3.63) is 93.2 Å². The highest BCUT2D eigenvalue weighted by Gasteiger charge is 2.26. The Morgan fingerprint density at radius 1 is 1.07 bits per heavy atom. The second-order valence-electron chi connectivity index (χ2n) is 10.7. The minimum atomic E-state index is -2.69. The molecule has 5 aromatic rings. The number of nitrogens with zero attached hydrogens (tertiary/aromatic N) is 7. The van der Waals surface area contributed by atoms with Crippen molar-refractivity contribution in [1.82, 2.24) is 34.3 Å². The van der Waals surface area contributed by atoms with Crippen LogP contribution in [-0.4, -0.2) is 46.7 Å². The number of hydrogen-bond acceptors (Lipinski definition) is 6. The van der Waals surface area contributed by atoms with Gasteiger partial charge in [-0.1, -0.05) is 41.8 Å². The Kier molecular flexibility index (Phi) is 8.47. The number of carbonyl (C=O) groups excluding carboxylic acids is 1. The smallest absolute Gasteiger partial charge is 0.257 e. The molecule has 1 aromatic carbocycles. The molecule has 1 aliphatic heterocycles. The molecule has 0 radical (unpaired) electrons. The molecule has 0 saturated heterocycles. The van der Waals surface area contributed by atoms with Gasteiger partial charge in [0.05, 0.1) is 41.2 Å². The van der Waals surface area contributed by atoms with Crippen molar-refractivity contribution in [3.63, 3.8) is 0 Å². The van der Waals surface area contributed by atoms with Crippen molar-refractivity contribution in [2.45, 2.75) is 45.2 Å². The zero-order valence-corrected chi connectivity index (χ0v) is 25.2. The van der Waals surface area contributed by atoms with E-state index in [0.717, 1.165) is 10.9 Å². The van der Waals surface area contributed by atoms with E-state index in [1.807, 2.05) is 0 Å². The minimum Gasteiger partial charge on any atom is -0.323 e. The standard InChI is InChI=1S/C30H25Cl2F3N8O2/c1-16-3-2-4-25(22-9-17(7-8-36-22)29-23(38-30(16)45)12-37-43(29)15-27(34)35)41-13-21(33)19(11-28(41)44)20-10-18(31)5-6-24(20)42-14-26(32)39-40-42/h5-14,16,25,27H,2-4,15H2,1H3,(H,38,45). The molecule has 232 valence electrons. The summed E-state index contributed by atoms with van der Waals surface area (Å²) < 4.78 is 46.6. The van der Waals surface area contributed by atoms with Crippen molar-refractivity contribution >= 4 is 34.8 Å². The number of rotatable bonds is 5. The van der Waals surface area contributed by atoms with Crippen molar-refractivity contribution in [1.29, 1.82) is 0 Å². The van der Waals surface area contributed by atoms with Crippen LogP contribution in [0.1, 0.15) is 37.9 Å².